The lowest BCUT2D eigenvalue weighted by atomic mass is 9.98. The van der Waals surface area contributed by atoms with Crippen LogP contribution in [0.15, 0.2) is 11.2 Å². The molecule has 0 bridgehead atoms. The van der Waals surface area contributed by atoms with Gasteiger partial charge in [-0.05, 0) is 19.3 Å². The minimum absolute atomic E-state index is 0. The van der Waals surface area contributed by atoms with Gasteiger partial charge in [0.1, 0.15) is 0 Å². The summed E-state index contributed by atoms with van der Waals surface area (Å²) in [5.74, 6) is 0.458. The van der Waals surface area contributed by atoms with E-state index in [2.05, 4.69) is 20.7 Å². The first-order valence-corrected chi connectivity index (χ1v) is 9.06. The molecule has 0 unspecified atom stereocenters. The van der Waals surface area contributed by atoms with E-state index < -0.39 is 11.9 Å². The van der Waals surface area contributed by atoms with Crippen LogP contribution in [0.5, 0.6) is 0 Å². The smallest absolute Gasteiger partial charge is 0.378 e. The van der Waals surface area contributed by atoms with Gasteiger partial charge >= 0.3 is 6.18 Å². The molecule has 0 saturated heterocycles. The lowest BCUT2D eigenvalue weighted by Gasteiger charge is -2.22. The topological polar surface area (TPSA) is 63.5 Å². The van der Waals surface area contributed by atoms with Crippen molar-refractivity contribution < 1.29 is 17.9 Å². The average Bonchev–Trinajstić information content (AvgIpc) is 2.99. The predicted octanol–water partition coefficient (Wildman–Crippen LogP) is 3.46. The summed E-state index contributed by atoms with van der Waals surface area (Å²) in [6, 6.07) is 0. The second-order valence-electron chi connectivity index (χ2n) is 6.51. The zero-order valence-corrected chi connectivity index (χ0v) is 18.1. The number of aliphatic imine (C=N–C) groups is 1. The van der Waals surface area contributed by atoms with Crippen LogP contribution in [0.2, 0.25) is 0 Å². The number of nitrogens with one attached hydrogen (secondary N) is 2. The molecule has 1 aliphatic rings. The van der Waals surface area contributed by atoms with E-state index >= 15 is 0 Å². The molecular weight excluding hydrogens is 474 g/mol. The molecule has 1 heterocycles. The van der Waals surface area contributed by atoms with E-state index in [1.807, 2.05) is 0 Å². The minimum atomic E-state index is -4.47. The molecule has 1 aromatic rings. The van der Waals surface area contributed by atoms with Crippen molar-refractivity contribution in [3.8, 4) is 0 Å². The summed E-state index contributed by atoms with van der Waals surface area (Å²) >= 11 is 0. The molecule has 1 aromatic heterocycles. The molecule has 10 heteroatoms. The van der Waals surface area contributed by atoms with Gasteiger partial charge in [-0.25, -0.2) is 0 Å². The number of guanidine groups is 1. The number of halogens is 4. The van der Waals surface area contributed by atoms with Crippen LogP contribution in [0.3, 0.4) is 0 Å². The van der Waals surface area contributed by atoms with Gasteiger partial charge in [-0.3, -0.25) is 9.67 Å². The van der Waals surface area contributed by atoms with Crippen LogP contribution < -0.4 is 10.6 Å². The molecule has 0 atom stereocenters. The number of ether oxygens (including phenoxy) is 1. The Balaban J connectivity index is 0.00000364. The number of hydrogen-bond acceptors (Lipinski definition) is 3. The molecule has 2 rings (SSSR count). The summed E-state index contributed by atoms with van der Waals surface area (Å²) in [6.45, 7) is 1.32. The third kappa shape index (κ3) is 8.24. The van der Waals surface area contributed by atoms with Crippen LogP contribution in [0, 0.1) is 0 Å². The second kappa shape index (κ2) is 11.7. The van der Waals surface area contributed by atoms with Crippen LogP contribution in [-0.4, -0.2) is 42.0 Å². The van der Waals surface area contributed by atoms with Crippen LogP contribution in [-0.2, 0) is 24.5 Å². The molecule has 1 fully saturated rings. The van der Waals surface area contributed by atoms with E-state index in [-0.39, 0.29) is 36.1 Å². The monoisotopic (exact) mass is 503 g/mol. The molecule has 2 N–H and O–H groups in total. The lowest BCUT2D eigenvalue weighted by molar-refractivity contribution is -0.142. The number of hydrogen-bond donors (Lipinski definition) is 2. The van der Waals surface area contributed by atoms with Crippen molar-refractivity contribution >= 4 is 29.9 Å². The summed E-state index contributed by atoms with van der Waals surface area (Å²) < 4.78 is 45.8. The second-order valence-corrected chi connectivity index (χ2v) is 6.51. The fourth-order valence-electron chi connectivity index (χ4n) is 3.07. The largest absolute Gasteiger partial charge is 0.435 e. The molecule has 0 aromatic carbocycles. The van der Waals surface area contributed by atoms with Gasteiger partial charge in [-0.15, -0.1) is 24.0 Å². The Kier molecular flexibility index (Phi) is 10.4. The molecule has 1 saturated carbocycles. The number of nitrogens with zero attached hydrogens (tertiary/aromatic N) is 3. The SMILES string of the molecule is CN=C(NCCCOC1CCCCC1)NCc1cn(C)nc1C(F)(F)F.I. The van der Waals surface area contributed by atoms with Crippen molar-refractivity contribution in [2.45, 2.75) is 57.3 Å². The van der Waals surface area contributed by atoms with E-state index in [0.29, 0.717) is 25.2 Å². The third-order valence-electron chi connectivity index (χ3n) is 4.36. The van der Waals surface area contributed by atoms with E-state index in [1.54, 1.807) is 7.05 Å². The fourth-order valence-corrected chi connectivity index (χ4v) is 3.07. The first kappa shape index (κ1) is 24.0. The van der Waals surface area contributed by atoms with Crippen molar-refractivity contribution in [2.24, 2.45) is 12.0 Å². The van der Waals surface area contributed by atoms with E-state index in [1.165, 1.54) is 37.2 Å². The van der Waals surface area contributed by atoms with Gasteiger partial charge in [0, 0.05) is 45.6 Å². The molecule has 156 valence electrons. The van der Waals surface area contributed by atoms with Gasteiger partial charge in [0.05, 0.1) is 6.10 Å². The molecule has 0 aliphatic heterocycles. The zero-order chi connectivity index (χ0) is 19.0. The molecule has 1 aliphatic carbocycles. The van der Waals surface area contributed by atoms with Gasteiger partial charge < -0.3 is 15.4 Å². The Morgan fingerprint density at radius 1 is 1.30 bits per heavy atom. The highest BCUT2D eigenvalue weighted by Gasteiger charge is 2.36. The zero-order valence-electron chi connectivity index (χ0n) is 15.8. The van der Waals surface area contributed by atoms with E-state index in [4.69, 9.17) is 4.74 Å². The quantitative estimate of drug-likeness (QED) is 0.259. The Bertz CT molecular complexity index is 586. The summed E-state index contributed by atoms with van der Waals surface area (Å²) in [4.78, 5) is 4.03. The normalized spacial score (nSPS) is 16.1. The number of rotatable bonds is 7. The van der Waals surface area contributed by atoms with Crippen LogP contribution >= 0.6 is 24.0 Å². The van der Waals surface area contributed by atoms with Crippen molar-refractivity contribution in [3.63, 3.8) is 0 Å². The molecule has 0 spiro atoms. The number of aryl methyl sites for hydroxylation is 1. The van der Waals surface area contributed by atoms with Crippen molar-refractivity contribution in [2.75, 3.05) is 20.2 Å². The van der Waals surface area contributed by atoms with Crippen LogP contribution in [0.4, 0.5) is 13.2 Å². The summed E-state index contributed by atoms with van der Waals surface area (Å²) in [6.07, 6.45) is 4.17. The lowest BCUT2D eigenvalue weighted by Crippen LogP contribution is -2.38. The maximum absolute atomic E-state index is 12.9. The number of aromatic nitrogens is 2. The van der Waals surface area contributed by atoms with Gasteiger partial charge in [-0.2, -0.15) is 18.3 Å². The summed E-state index contributed by atoms with van der Waals surface area (Å²) in [7, 11) is 3.06. The number of alkyl halides is 3. The Hall–Kier alpha value is -1.04. The van der Waals surface area contributed by atoms with Crippen molar-refractivity contribution in [3.05, 3.63) is 17.5 Å². The average molecular weight is 503 g/mol. The minimum Gasteiger partial charge on any atom is -0.378 e. The Labute approximate surface area is 175 Å². The molecule has 6 nitrogen and oxygen atoms in total. The molecule has 0 radical (unpaired) electrons. The van der Waals surface area contributed by atoms with Crippen molar-refractivity contribution in [1.82, 2.24) is 20.4 Å². The molecular formula is C17H29F3IN5O. The van der Waals surface area contributed by atoms with Crippen LogP contribution in [0.25, 0.3) is 0 Å². The highest BCUT2D eigenvalue weighted by atomic mass is 127. The predicted molar refractivity (Wildman–Crippen MR) is 109 cm³/mol. The summed E-state index contributed by atoms with van der Waals surface area (Å²) in [5, 5.41) is 9.48. The third-order valence-corrected chi connectivity index (χ3v) is 4.36. The highest BCUT2D eigenvalue weighted by molar-refractivity contribution is 14.0. The van der Waals surface area contributed by atoms with Gasteiger partial charge in [0.25, 0.3) is 0 Å². The highest BCUT2D eigenvalue weighted by Crippen LogP contribution is 2.30. The molecule has 0 amide bonds. The molecule has 27 heavy (non-hydrogen) atoms. The Morgan fingerprint density at radius 2 is 2.00 bits per heavy atom. The first-order chi connectivity index (χ1) is 12.4. The van der Waals surface area contributed by atoms with Gasteiger partial charge in [-0.1, -0.05) is 19.3 Å². The van der Waals surface area contributed by atoms with Crippen LogP contribution in [0.1, 0.15) is 49.8 Å². The summed E-state index contributed by atoms with van der Waals surface area (Å²) in [5.41, 5.74) is -0.785. The Morgan fingerprint density at radius 3 is 2.63 bits per heavy atom. The standard InChI is InChI=1S/C17H28F3N5O.HI/c1-21-16(22-9-6-10-26-14-7-4-3-5-8-14)23-11-13-12-25(2)24-15(13)17(18,19)20;/h12,14H,3-11H2,1-2H3,(H2,21,22,23);1H. The maximum Gasteiger partial charge on any atom is 0.435 e. The first-order valence-electron chi connectivity index (χ1n) is 9.06. The van der Waals surface area contributed by atoms with Gasteiger partial charge in [0.2, 0.25) is 0 Å². The van der Waals surface area contributed by atoms with Crippen molar-refractivity contribution in [1.29, 1.82) is 0 Å². The van der Waals surface area contributed by atoms with E-state index in [9.17, 15) is 13.2 Å². The maximum atomic E-state index is 12.9. The van der Waals surface area contributed by atoms with Gasteiger partial charge in [0.15, 0.2) is 11.7 Å². The fraction of sp³-hybridized carbons (Fsp3) is 0.765. The van der Waals surface area contributed by atoms with E-state index in [0.717, 1.165) is 19.3 Å².